The molecule has 0 fully saturated rings. The van der Waals surface area contributed by atoms with Crippen molar-refractivity contribution < 1.29 is 14.1 Å². The number of amides is 2. The minimum Gasteiger partial charge on any atom is -0.350 e. The first-order chi connectivity index (χ1) is 12.6. The summed E-state index contributed by atoms with van der Waals surface area (Å²) < 4.78 is 5.31. The molecule has 1 aliphatic rings. The Morgan fingerprint density at radius 1 is 1.15 bits per heavy atom. The Morgan fingerprint density at radius 2 is 1.88 bits per heavy atom. The Bertz CT molecular complexity index is 965. The van der Waals surface area contributed by atoms with E-state index in [1.54, 1.807) is 30.0 Å². The Kier molecular flexibility index (Phi) is 4.01. The van der Waals surface area contributed by atoms with Crippen molar-refractivity contribution in [3.8, 4) is 11.3 Å². The minimum atomic E-state index is -0.345. The average molecular weight is 347 g/mol. The fourth-order valence-electron chi connectivity index (χ4n) is 2.97. The molecule has 2 amide bonds. The van der Waals surface area contributed by atoms with Gasteiger partial charge in [-0.25, -0.2) is 0 Å². The molecule has 0 saturated carbocycles. The second kappa shape index (κ2) is 6.48. The van der Waals surface area contributed by atoms with Gasteiger partial charge in [-0.1, -0.05) is 54.5 Å². The number of hydrogen-bond acceptors (Lipinski definition) is 4. The van der Waals surface area contributed by atoms with Gasteiger partial charge in [0.2, 0.25) is 11.7 Å². The van der Waals surface area contributed by atoms with E-state index in [9.17, 15) is 9.59 Å². The summed E-state index contributed by atoms with van der Waals surface area (Å²) in [6.45, 7) is 2.06. The minimum absolute atomic E-state index is 0.115. The van der Waals surface area contributed by atoms with E-state index < -0.39 is 0 Å². The van der Waals surface area contributed by atoms with Crippen molar-refractivity contribution >= 4 is 23.2 Å². The number of aromatic nitrogens is 1. The van der Waals surface area contributed by atoms with Crippen LogP contribution in [-0.4, -0.2) is 23.5 Å². The third-order valence-electron chi connectivity index (χ3n) is 4.39. The van der Waals surface area contributed by atoms with Crippen LogP contribution < -0.4 is 10.2 Å². The molecule has 6 heteroatoms. The Labute approximate surface area is 150 Å². The molecule has 26 heavy (non-hydrogen) atoms. The Morgan fingerprint density at radius 3 is 2.69 bits per heavy atom. The molecule has 0 aliphatic carbocycles. The first kappa shape index (κ1) is 16.1. The zero-order valence-corrected chi connectivity index (χ0v) is 14.2. The highest BCUT2D eigenvalue weighted by Crippen LogP contribution is 2.31. The summed E-state index contributed by atoms with van der Waals surface area (Å²) in [4.78, 5) is 26.8. The van der Waals surface area contributed by atoms with Crippen LogP contribution in [0.2, 0.25) is 0 Å². The van der Waals surface area contributed by atoms with Gasteiger partial charge >= 0.3 is 0 Å². The van der Waals surface area contributed by atoms with Crippen LogP contribution in [0.4, 0.5) is 11.4 Å². The second-order valence-electron chi connectivity index (χ2n) is 6.27. The summed E-state index contributed by atoms with van der Waals surface area (Å²) in [5, 5.41) is 6.87. The third-order valence-corrected chi connectivity index (χ3v) is 4.39. The van der Waals surface area contributed by atoms with Crippen molar-refractivity contribution in [1.29, 1.82) is 0 Å². The largest absolute Gasteiger partial charge is 0.350 e. The zero-order valence-electron chi connectivity index (χ0n) is 14.2. The lowest BCUT2D eigenvalue weighted by molar-refractivity contribution is -0.119. The lowest BCUT2D eigenvalue weighted by Gasteiger charge is -2.22. The number of rotatable bonds is 2. The number of carbonyl (C=O) groups is 2. The molecule has 1 atom stereocenters. The van der Waals surface area contributed by atoms with Crippen molar-refractivity contribution in [2.24, 2.45) is 5.92 Å². The van der Waals surface area contributed by atoms with Crippen LogP contribution in [0.3, 0.4) is 0 Å². The molecule has 1 N–H and O–H groups in total. The SMILES string of the molecule is C[C@@H]1CN(C(=O)c2cc(-c3ccccc3)no2)c2ccccc2NC1=O. The van der Waals surface area contributed by atoms with Crippen molar-refractivity contribution in [3.05, 3.63) is 66.4 Å². The van der Waals surface area contributed by atoms with Gasteiger partial charge in [0.05, 0.1) is 17.3 Å². The van der Waals surface area contributed by atoms with E-state index in [-0.39, 0.29) is 30.0 Å². The lowest BCUT2D eigenvalue weighted by atomic mass is 10.1. The molecule has 130 valence electrons. The maximum Gasteiger partial charge on any atom is 0.296 e. The molecule has 1 aliphatic heterocycles. The lowest BCUT2D eigenvalue weighted by Crippen LogP contribution is -2.35. The van der Waals surface area contributed by atoms with Crippen LogP contribution in [0.15, 0.2) is 65.2 Å². The monoisotopic (exact) mass is 347 g/mol. The van der Waals surface area contributed by atoms with Crippen molar-refractivity contribution in [2.75, 3.05) is 16.8 Å². The number of fused-ring (bicyclic) bond motifs is 1. The van der Waals surface area contributed by atoms with Crippen LogP contribution in [0, 0.1) is 5.92 Å². The molecule has 0 spiro atoms. The summed E-state index contributed by atoms with van der Waals surface area (Å²) in [7, 11) is 0. The molecule has 0 saturated heterocycles. The smallest absolute Gasteiger partial charge is 0.296 e. The number of nitrogens with one attached hydrogen (secondary N) is 1. The van der Waals surface area contributed by atoms with Crippen molar-refractivity contribution in [2.45, 2.75) is 6.92 Å². The quantitative estimate of drug-likeness (QED) is 0.769. The molecule has 1 aromatic heterocycles. The highest BCUT2D eigenvalue weighted by molar-refractivity contribution is 6.09. The van der Waals surface area contributed by atoms with Gasteiger partial charge in [-0.15, -0.1) is 0 Å². The van der Waals surface area contributed by atoms with E-state index in [1.165, 1.54) is 0 Å². The maximum atomic E-state index is 13.1. The van der Waals surface area contributed by atoms with Crippen LogP contribution >= 0.6 is 0 Å². The van der Waals surface area contributed by atoms with Crippen molar-refractivity contribution in [1.82, 2.24) is 5.16 Å². The fourth-order valence-corrected chi connectivity index (χ4v) is 2.97. The zero-order chi connectivity index (χ0) is 18.1. The van der Waals surface area contributed by atoms with E-state index >= 15 is 0 Å². The van der Waals surface area contributed by atoms with Crippen LogP contribution in [0.5, 0.6) is 0 Å². The number of carbonyl (C=O) groups excluding carboxylic acids is 2. The predicted octanol–water partition coefficient (Wildman–Crippen LogP) is 3.58. The summed E-state index contributed by atoms with van der Waals surface area (Å²) in [6.07, 6.45) is 0. The summed E-state index contributed by atoms with van der Waals surface area (Å²) in [5.41, 5.74) is 2.72. The first-order valence-electron chi connectivity index (χ1n) is 8.37. The highest BCUT2D eigenvalue weighted by atomic mass is 16.5. The summed E-state index contributed by atoms with van der Waals surface area (Å²) in [5.74, 6) is -0.645. The molecule has 3 aromatic rings. The van der Waals surface area contributed by atoms with Gasteiger partial charge in [0.1, 0.15) is 5.69 Å². The van der Waals surface area contributed by atoms with Gasteiger partial charge in [-0.2, -0.15) is 0 Å². The molecule has 0 radical (unpaired) electrons. The van der Waals surface area contributed by atoms with E-state index in [1.807, 2.05) is 42.5 Å². The van der Waals surface area contributed by atoms with Crippen LogP contribution in [0.1, 0.15) is 17.5 Å². The molecule has 0 unspecified atom stereocenters. The molecule has 2 heterocycles. The summed E-state index contributed by atoms with van der Waals surface area (Å²) >= 11 is 0. The normalized spacial score (nSPS) is 16.6. The third kappa shape index (κ3) is 2.86. The molecular formula is C20H17N3O3. The number of anilines is 2. The van der Waals surface area contributed by atoms with E-state index in [0.29, 0.717) is 17.1 Å². The van der Waals surface area contributed by atoms with Crippen LogP contribution in [-0.2, 0) is 4.79 Å². The average Bonchev–Trinajstić information content (AvgIpc) is 3.12. The number of hydrogen-bond donors (Lipinski definition) is 1. The van der Waals surface area contributed by atoms with E-state index in [4.69, 9.17) is 4.52 Å². The Hall–Kier alpha value is -3.41. The number of benzene rings is 2. The number of nitrogens with zero attached hydrogens (tertiary/aromatic N) is 2. The summed E-state index contributed by atoms with van der Waals surface area (Å²) in [6, 6.07) is 18.4. The molecule has 2 aromatic carbocycles. The standard InChI is InChI=1S/C20H17N3O3/c1-13-12-23(17-10-6-5-9-15(17)21-19(13)24)20(25)18-11-16(22-26-18)14-7-3-2-4-8-14/h2-11,13H,12H2,1H3,(H,21,24)/t13-/m1/s1. The first-order valence-corrected chi connectivity index (χ1v) is 8.37. The Balaban J connectivity index is 1.70. The topological polar surface area (TPSA) is 75.4 Å². The maximum absolute atomic E-state index is 13.1. The highest BCUT2D eigenvalue weighted by Gasteiger charge is 2.31. The molecule has 4 rings (SSSR count). The van der Waals surface area contributed by atoms with Gasteiger partial charge in [-0.3, -0.25) is 9.59 Å². The van der Waals surface area contributed by atoms with Crippen molar-refractivity contribution in [3.63, 3.8) is 0 Å². The van der Waals surface area contributed by atoms with Crippen LogP contribution in [0.25, 0.3) is 11.3 Å². The molecular weight excluding hydrogens is 330 g/mol. The fraction of sp³-hybridized carbons (Fsp3) is 0.150. The van der Waals surface area contributed by atoms with Gasteiger partial charge in [0.15, 0.2) is 0 Å². The predicted molar refractivity (Wildman–Crippen MR) is 97.9 cm³/mol. The second-order valence-corrected chi connectivity index (χ2v) is 6.27. The van der Waals surface area contributed by atoms with Gasteiger partial charge in [0.25, 0.3) is 5.91 Å². The van der Waals surface area contributed by atoms with E-state index in [0.717, 1.165) is 5.56 Å². The van der Waals surface area contributed by atoms with E-state index in [2.05, 4.69) is 10.5 Å². The van der Waals surface area contributed by atoms with Gasteiger partial charge in [-0.05, 0) is 12.1 Å². The van der Waals surface area contributed by atoms with Gasteiger partial charge < -0.3 is 14.7 Å². The number of para-hydroxylation sites is 2. The molecule has 6 nitrogen and oxygen atoms in total. The van der Waals surface area contributed by atoms with Gasteiger partial charge in [0, 0.05) is 18.2 Å². The molecule has 0 bridgehead atoms.